The highest BCUT2D eigenvalue weighted by atomic mass is 16.4. The van der Waals surface area contributed by atoms with Gasteiger partial charge >= 0.3 is 12.0 Å². The molecule has 0 aromatic carbocycles. The third-order valence-corrected chi connectivity index (χ3v) is 2.89. The lowest BCUT2D eigenvalue weighted by atomic mass is 9.99. The Morgan fingerprint density at radius 1 is 1.47 bits per heavy atom. The number of carboxylic acids is 1. The second-order valence-electron chi connectivity index (χ2n) is 4.66. The molecule has 6 nitrogen and oxygen atoms in total. The molecule has 0 saturated carbocycles. The molecule has 2 amide bonds. The van der Waals surface area contributed by atoms with Gasteiger partial charge in [0.05, 0.1) is 5.92 Å². The van der Waals surface area contributed by atoms with Crippen LogP contribution < -0.4 is 5.32 Å². The van der Waals surface area contributed by atoms with E-state index < -0.39 is 11.9 Å². The van der Waals surface area contributed by atoms with Gasteiger partial charge in [0.1, 0.15) is 0 Å². The zero-order chi connectivity index (χ0) is 12.8. The molecule has 1 aliphatic heterocycles. The molecular weight excluding hydrogens is 222 g/mol. The summed E-state index contributed by atoms with van der Waals surface area (Å²) in [5, 5.41) is 11.7. The second-order valence-corrected chi connectivity index (χ2v) is 4.66. The number of aliphatic carboxylic acids is 1. The van der Waals surface area contributed by atoms with Crippen LogP contribution in [0.15, 0.2) is 0 Å². The van der Waals surface area contributed by atoms with Gasteiger partial charge < -0.3 is 20.2 Å². The van der Waals surface area contributed by atoms with Crippen molar-refractivity contribution >= 4 is 12.0 Å². The van der Waals surface area contributed by atoms with E-state index in [1.165, 1.54) is 0 Å². The van der Waals surface area contributed by atoms with E-state index in [1.807, 2.05) is 19.0 Å². The van der Waals surface area contributed by atoms with Gasteiger partial charge in [-0.3, -0.25) is 4.79 Å². The van der Waals surface area contributed by atoms with Gasteiger partial charge in [-0.1, -0.05) is 0 Å². The van der Waals surface area contributed by atoms with E-state index in [4.69, 9.17) is 5.11 Å². The number of hydrogen-bond donors (Lipinski definition) is 2. The Hall–Kier alpha value is -1.30. The number of carbonyl (C=O) groups excluding carboxylic acids is 1. The highest BCUT2D eigenvalue weighted by molar-refractivity contribution is 5.76. The molecule has 1 fully saturated rings. The zero-order valence-corrected chi connectivity index (χ0v) is 10.5. The van der Waals surface area contributed by atoms with E-state index in [1.54, 1.807) is 4.90 Å². The van der Waals surface area contributed by atoms with E-state index >= 15 is 0 Å². The highest BCUT2D eigenvalue weighted by Gasteiger charge is 2.27. The van der Waals surface area contributed by atoms with Crippen LogP contribution in [0.5, 0.6) is 0 Å². The molecule has 1 saturated heterocycles. The summed E-state index contributed by atoms with van der Waals surface area (Å²) in [6, 6.07) is -0.155. The molecule has 6 heteroatoms. The Labute approximate surface area is 102 Å². The minimum absolute atomic E-state index is 0.155. The van der Waals surface area contributed by atoms with Crippen LogP contribution in [0.2, 0.25) is 0 Å². The number of likely N-dealkylation sites (N-methyl/N-ethyl adjacent to an activating group) is 1. The average molecular weight is 243 g/mol. The van der Waals surface area contributed by atoms with Crippen LogP contribution in [0.25, 0.3) is 0 Å². The maximum absolute atomic E-state index is 11.8. The van der Waals surface area contributed by atoms with Crippen LogP contribution >= 0.6 is 0 Å². The Morgan fingerprint density at radius 2 is 2.18 bits per heavy atom. The summed E-state index contributed by atoms with van der Waals surface area (Å²) < 4.78 is 0. The minimum atomic E-state index is -0.809. The Kier molecular flexibility index (Phi) is 5.21. The van der Waals surface area contributed by atoms with E-state index in [-0.39, 0.29) is 6.03 Å². The third-order valence-electron chi connectivity index (χ3n) is 2.89. The lowest BCUT2D eigenvalue weighted by molar-refractivity contribution is -0.143. The second kappa shape index (κ2) is 6.44. The van der Waals surface area contributed by atoms with Gasteiger partial charge in [0.2, 0.25) is 0 Å². The first-order chi connectivity index (χ1) is 8.00. The van der Waals surface area contributed by atoms with Crippen molar-refractivity contribution in [2.75, 3.05) is 40.3 Å². The molecule has 2 N–H and O–H groups in total. The fraction of sp³-hybridized carbons (Fsp3) is 0.818. The van der Waals surface area contributed by atoms with Gasteiger partial charge in [-0.25, -0.2) is 4.79 Å². The van der Waals surface area contributed by atoms with Crippen LogP contribution in [-0.2, 0) is 4.79 Å². The summed E-state index contributed by atoms with van der Waals surface area (Å²) in [5.41, 5.74) is 0. The van der Waals surface area contributed by atoms with Crippen molar-refractivity contribution in [3.63, 3.8) is 0 Å². The van der Waals surface area contributed by atoms with E-state index in [2.05, 4.69) is 5.32 Å². The maximum Gasteiger partial charge on any atom is 0.317 e. The van der Waals surface area contributed by atoms with Crippen LogP contribution in [0.4, 0.5) is 4.79 Å². The van der Waals surface area contributed by atoms with Gasteiger partial charge in [0.15, 0.2) is 0 Å². The fourth-order valence-electron chi connectivity index (χ4n) is 1.86. The topological polar surface area (TPSA) is 72.9 Å². The number of nitrogens with one attached hydrogen (secondary N) is 1. The van der Waals surface area contributed by atoms with Crippen LogP contribution in [0.1, 0.15) is 12.8 Å². The summed E-state index contributed by atoms with van der Waals surface area (Å²) in [6.45, 7) is 2.34. The SMILES string of the molecule is CN(C)CCNC(=O)N1CCC[C@@H](C(=O)O)C1. The lowest BCUT2D eigenvalue weighted by Gasteiger charge is -2.30. The molecular formula is C11H21N3O3. The highest BCUT2D eigenvalue weighted by Crippen LogP contribution is 2.16. The molecule has 1 atom stereocenters. The quantitative estimate of drug-likeness (QED) is 0.732. The summed E-state index contributed by atoms with van der Waals surface area (Å²) in [5.74, 6) is -1.22. The predicted octanol–water partition coefficient (Wildman–Crippen LogP) is 0.0542. The number of piperidine rings is 1. The maximum atomic E-state index is 11.8. The molecule has 0 radical (unpaired) electrons. The van der Waals surface area contributed by atoms with Crippen molar-refractivity contribution < 1.29 is 14.7 Å². The predicted molar refractivity (Wildman–Crippen MR) is 63.9 cm³/mol. The molecule has 0 unspecified atom stereocenters. The van der Waals surface area contributed by atoms with Crippen molar-refractivity contribution in [2.24, 2.45) is 5.92 Å². The molecule has 17 heavy (non-hydrogen) atoms. The summed E-state index contributed by atoms with van der Waals surface area (Å²) in [4.78, 5) is 26.2. The monoisotopic (exact) mass is 243 g/mol. The number of likely N-dealkylation sites (tertiary alicyclic amines) is 1. The largest absolute Gasteiger partial charge is 0.481 e. The molecule has 1 heterocycles. The number of amides is 2. The lowest BCUT2D eigenvalue weighted by Crippen LogP contribution is -2.48. The number of carboxylic acid groups (broad SMARTS) is 1. The zero-order valence-electron chi connectivity index (χ0n) is 10.5. The van der Waals surface area contributed by atoms with Gasteiger partial charge in [-0.2, -0.15) is 0 Å². The fourth-order valence-corrected chi connectivity index (χ4v) is 1.86. The van der Waals surface area contributed by atoms with Crippen molar-refractivity contribution in [1.82, 2.24) is 15.1 Å². The van der Waals surface area contributed by atoms with E-state index in [9.17, 15) is 9.59 Å². The first kappa shape index (κ1) is 13.8. The standard InChI is InChI=1S/C11H21N3O3/c1-13(2)7-5-12-11(17)14-6-3-4-9(8-14)10(15)16/h9H,3-8H2,1-2H3,(H,12,17)(H,15,16)/t9-/m1/s1. The van der Waals surface area contributed by atoms with Gasteiger partial charge in [0, 0.05) is 26.2 Å². The molecule has 0 bridgehead atoms. The van der Waals surface area contributed by atoms with Crippen molar-refractivity contribution in [3.05, 3.63) is 0 Å². The first-order valence-corrected chi connectivity index (χ1v) is 5.91. The van der Waals surface area contributed by atoms with Crippen molar-refractivity contribution in [2.45, 2.75) is 12.8 Å². The van der Waals surface area contributed by atoms with Crippen LogP contribution in [-0.4, -0.2) is 67.2 Å². The molecule has 0 aromatic heterocycles. The first-order valence-electron chi connectivity index (χ1n) is 5.91. The minimum Gasteiger partial charge on any atom is -0.481 e. The van der Waals surface area contributed by atoms with Crippen LogP contribution in [0, 0.1) is 5.92 Å². The number of carbonyl (C=O) groups is 2. The van der Waals surface area contributed by atoms with Crippen molar-refractivity contribution in [1.29, 1.82) is 0 Å². The van der Waals surface area contributed by atoms with E-state index in [0.29, 0.717) is 26.1 Å². The van der Waals surface area contributed by atoms with E-state index in [0.717, 1.165) is 13.0 Å². The Bertz CT molecular complexity index is 281. The summed E-state index contributed by atoms with van der Waals surface area (Å²) >= 11 is 0. The van der Waals surface area contributed by atoms with Gasteiger partial charge in [0.25, 0.3) is 0 Å². The van der Waals surface area contributed by atoms with Gasteiger partial charge in [-0.15, -0.1) is 0 Å². The molecule has 0 aromatic rings. The van der Waals surface area contributed by atoms with Crippen LogP contribution in [0.3, 0.4) is 0 Å². The molecule has 98 valence electrons. The number of nitrogens with zero attached hydrogens (tertiary/aromatic N) is 2. The van der Waals surface area contributed by atoms with Gasteiger partial charge in [-0.05, 0) is 26.9 Å². The normalized spacial score (nSPS) is 20.4. The molecule has 1 rings (SSSR count). The number of rotatable bonds is 4. The molecule has 1 aliphatic rings. The number of hydrogen-bond acceptors (Lipinski definition) is 3. The smallest absolute Gasteiger partial charge is 0.317 e. The number of urea groups is 1. The van der Waals surface area contributed by atoms with Crippen molar-refractivity contribution in [3.8, 4) is 0 Å². The summed E-state index contributed by atoms with van der Waals surface area (Å²) in [7, 11) is 3.88. The Morgan fingerprint density at radius 3 is 2.76 bits per heavy atom. The molecule has 0 aliphatic carbocycles. The average Bonchev–Trinajstić information content (AvgIpc) is 2.28. The molecule has 0 spiro atoms. The Balaban J connectivity index is 2.33. The third kappa shape index (κ3) is 4.60. The summed E-state index contributed by atoms with van der Waals surface area (Å²) in [6.07, 6.45) is 1.43.